The van der Waals surface area contributed by atoms with E-state index in [2.05, 4.69) is 76.6 Å². The number of benzene rings is 3. The fourth-order valence-corrected chi connectivity index (χ4v) is 5.89. The molecule has 2 fully saturated rings. The zero-order valence-corrected chi connectivity index (χ0v) is 20.2. The second-order valence-corrected chi connectivity index (χ2v) is 9.84. The molecule has 180 valence electrons. The van der Waals surface area contributed by atoms with Crippen molar-refractivity contribution in [2.75, 3.05) is 26.2 Å². The topological polar surface area (TPSA) is 61.5 Å². The molecule has 0 saturated carbocycles. The normalized spacial score (nSPS) is 20.8. The summed E-state index contributed by atoms with van der Waals surface area (Å²) in [7, 11) is 0. The van der Waals surface area contributed by atoms with Crippen molar-refractivity contribution in [3.63, 3.8) is 0 Å². The second-order valence-electron chi connectivity index (χ2n) is 9.84. The molecule has 0 bridgehead atoms. The monoisotopic (exact) mass is 468 g/mol. The Labute approximate surface area is 205 Å². The number of ether oxygens (including phenoxy) is 1. The van der Waals surface area contributed by atoms with E-state index >= 15 is 0 Å². The standard InChI is InChI=1S/C29H32N4O2/c1-2-32-13-3-5-24(32)18-35-25-11-9-20-15-23(8-7-21(20)16-25)29-26-17-22(10-12-27(26)30-31-29)28-6-4-14-33(28)19-34/h7-12,15-17,19,24,28H,2-6,13-14,18H2,1H3,(H,30,31). The number of likely N-dealkylation sites (tertiary alicyclic amines) is 2. The van der Waals surface area contributed by atoms with Crippen LogP contribution in [-0.2, 0) is 4.79 Å². The lowest BCUT2D eigenvalue weighted by atomic mass is 9.99. The molecular weight excluding hydrogens is 436 g/mol. The van der Waals surface area contributed by atoms with Crippen LogP contribution < -0.4 is 4.74 Å². The molecule has 1 N–H and O–H groups in total. The third-order valence-corrected chi connectivity index (χ3v) is 7.83. The second kappa shape index (κ2) is 9.34. The summed E-state index contributed by atoms with van der Waals surface area (Å²) in [6.45, 7) is 6.09. The number of aromatic amines is 1. The minimum Gasteiger partial charge on any atom is -0.492 e. The van der Waals surface area contributed by atoms with Gasteiger partial charge in [0.05, 0.1) is 17.3 Å². The van der Waals surface area contributed by atoms with Gasteiger partial charge in [-0.3, -0.25) is 14.8 Å². The molecule has 2 aliphatic rings. The van der Waals surface area contributed by atoms with Gasteiger partial charge >= 0.3 is 0 Å². The highest BCUT2D eigenvalue weighted by molar-refractivity contribution is 5.96. The van der Waals surface area contributed by atoms with Gasteiger partial charge in [-0.1, -0.05) is 31.2 Å². The molecule has 0 spiro atoms. The smallest absolute Gasteiger partial charge is 0.210 e. The van der Waals surface area contributed by atoms with E-state index in [9.17, 15) is 4.79 Å². The molecule has 0 radical (unpaired) electrons. The molecule has 2 aliphatic heterocycles. The van der Waals surface area contributed by atoms with Crippen LogP contribution >= 0.6 is 0 Å². The summed E-state index contributed by atoms with van der Waals surface area (Å²) in [5, 5.41) is 11.3. The maximum Gasteiger partial charge on any atom is 0.210 e. The molecule has 2 saturated heterocycles. The number of nitrogens with one attached hydrogen (secondary N) is 1. The van der Waals surface area contributed by atoms with Gasteiger partial charge in [-0.05, 0) is 85.4 Å². The van der Waals surface area contributed by atoms with Gasteiger partial charge < -0.3 is 9.64 Å². The SMILES string of the molecule is CCN1CCCC1COc1ccc2cc(-c3n[nH]c4ccc(C5CCCN5C=O)cc34)ccc2c1. The fraction of sp³-hybridized carbons (Fsp3) is 0.379. The van der Waals surface area contributed by atoms with E-state index in [0.29, 0.717) is 6.04 Å². The van der Waals surface area contributed by atoms with Gasteiger partial charge in [-0.15, -0.1) is 0 Å². The average Bonchev–Trinajstić information content (AvgIpc) is 3.65. The summed E-state index contributed by atoms with van der Waals surface area (Å²) >= 11 is 0. The molecule has 1 amide bonds. The van der Waals surface area contributed by atoms with Crippen LogP contribution in [0.5, 0.6) is 5.75 Å². The van der Waals surface area contributed by atoms with E-state index < -0.39 is 0 Å². The fourth-order valence-electron chi connectivity index (χ4n) is 5.89. The molecule has 3 aromatic carbocycles. The van der Waals surface area contributed by atoms with Gasteiger partial charge in [-0.2, -0.15) is 5.10 Å². The van der Waals surface area contributed by atoms with Crippen molar-refractivity contribution >= 4 is 28.1 Å². The predicted molar refractivity (Wildman–Crippen MR) is 140 cm³/mol. The van der Waals surface area contributed by atoms with Crippen molar-refractivity contribution in [1.82, 2.24) is 20.0 Å². The van der Waals surface area contributed by atoms with Crippen LogP contribution in [0.2, 0.25) is 0 Å². The predicted octanol–water partition coefficient (Wildman–Crippen LogP) is 5.54. The number of likely N-dealkylation sites (N-methyl/N-ethyl adjacent to an activating group) is 1. The summed E-state index contributed by atoms with van der Waals surface area (Å²) in [6, 6.07) is 19.9. The highest BCUT2D eigenvalue weighted by Crippen LogP contribution is 2.35. The Kier molecular flexibility index (Phi) is 5.90. The van der Waals surface area contributed by atoms with Gasteiger partial charge in [0.1, 0.15) is 12.4 Å². The zero-order chi connectivity index (χ0) is 23.8. The van der Waals surface area contributed by atoms with Crippen molar-refractivity contribution in [2.24, 2.45) is 0 Å². The minimum atomic E-state index is 0.156. The maximum atomic E-state index is 11.5. The maximum absolute atomic E-state index is 11.5. The minimum absolute atomic E-state index is 0.156. The van der Waals surface area contributed by atoms with Crippen LogP contribution in [0.25, 0.3) is 32.9 Å². The van der Waals surface area contributed by atoms with E-state index in [0.717, 1.165) is 72.2 Å². The van der Waals surface area contributed by atoms with Crippen molar-refractivity contribution in [1.29, 1.82) is 0 Å². The molecule has 0 aliphatic carbocycles. The van der Waals surface area contributed by atoms with Crippen LogP contribution in [0.4, 0.5) is 0 Å². The molecule has 35 heavy (non-hydrogen) atoms. The lowest BCUT2D eigenvalue weighted by Crippen LogP contribution is -2.33. The lowest BCUT2D eigenvalue weighted by Gasteiger charge is -2.22. The molecule has 6 heteroatoms. The van der Waals surface area contributed by atoms with Crippen LogP contribution in [-0.4, -0.2) is 58.7 Å². The first kappa shape index (κ1) is 22.1. The third-order valence-electron chi connectivity index (χ3n) is 7.83. The van der Waals surface area contributed by atoms with Crippen LogP contribution in [0, 0.1) is 0 Å². The number of rotatable bonds is 7. The number of aromatic nitrogens is 2. The lowest BCUT2D eigenvalue weighted by molar-refractivity contribution is -0.118. The molecule has 6 rings (SSSR count). The Balaban J connectivity index is 1.26. The highest BCUT2D eigenvalue weighted by Gasteiger charge is 2.25. The van der Waals surface area contributed by atoms with E-state index in [-0.39, 0.29) is 6.04 Å². The Morgan fingerprint density at radius 3 is 2.77 bits per heavy atom. The first-order valence-electron chi connectivity index (χ1n) is 12.8. The molecule has 2 atom stereocenters. The number of hydrogen-bond donors (Lipinski definition) is 1. The van der Waals surface area contributed by atoms with Gasteiger partial charge in [0.25, 0.3) is 0 Å². The molecular formula is C29H32N4O2. The number of H-pyrrole nitrogens is 1. The van der Waals surface area contributed by atoms with E-state index in [1.54, 1.807) is 0 Å². The first-order valence-corrected chi connectivity index (χ1v) is 12.8. The summed E-state index contributed by atoms with van der Waals surface area (Å²) in [4.78, 5) is 15.9. The number of carbonyl (C=O) groups excluding carboxylic acids is 1. The average molecular weight is 469 g/mol. The van der Waals surface area contributed by atoms with E-state index in [4.69, 9.17) is 4.74 Å². The Hall–Kier alpha value is -3.38. The van der Waals surface area contributed by atoms with Gasteiger partial charge in [0.2, 0.25) is 6.41 Å². The van der Waals surface area contributed by atoms with Crippen LogP contribution in [0.15, 0.2) is 54.6 Å². The molecule has 4 aromatic rings. The first-order chi connectivity index (χ1) is 17.2. The summed E-state index contributed by atoms with van der Waals surface area (Å²) in [5.41, 5.74) is 4.21. The number of carbonyl (C=O) groups is 1. The number of nitrogens with zero attached hydrogens (tertiary/aromatic N) is 3. The largest absolute Gasteiger partial charge is 0.492 e. The van der Waals surface area contributed by atoms with Crippen molar-refractivity contribution < 1.29 is 9.53 Å². The van der Waals surface area contributed by atoms with E-state index in [1.165, 1.54) is 30.3 Å². The third kappa shape index (κ3) is 4.16. The van der Waals surface area contributed by atoms with Gasteiger partial charge in [0, 0.05) is 23.5 Å². The zero-order valence-electron chi connectivity index (χ0n) is 20.2. The van der Waals surface area contributed by atoms with Crippen LogP contribution in [0.3, 0.4) is 0 Å². The van der Waals surface area contributed by atoms with Gasteiger partial charge in [0.15, 0.2) is 0 Å². The molecule has 6 nitrogen and oxygen atoms in total. The summed E-state index contributed by atoms with van der Waals surface area (Å²) < 4.78 is 6.18. The van der Waals surface area contributed by atoms with Crippen molar-refractivity contribution in [3.05, 3.63) is 60.2 Å². The Bertz CT molecular complexity index is 1360. The quantitative estimate of drug-likeness (QED) is 0.362. The Morgan fingerprint density at radius 1 is 1.03 bits per heavy atom. The van der Waals surface area contributed by atoms with Crippen molar-refractivity contribution in [3.8, 4) is 17.0 Å². The van der Waals surface area contributed by atoms with Gasteiger partial charge in [-0.25, -0.2) is 0 Å². The molecule has 3 heterocycles. The summed E-state index contributed by atoms with van der Waals surface area (Å²) in [6.07, 6.45) is 5.52. The highest BCUT2D eigenvalue weighted by atomic mass is 16.5. The van der Waals surface area contributed by atoms with Crippen LogP contribution in [0.1, 0.15) is 44.2 Å². The van der Waals surface area contributed by atoms with Crippen molar-refractivity contribution in [2.45, 2.75) is 44.7 Å². The summed E-state index contributed by atoms with van der Waals surface area (Å²) in [5.74, 6) is 0.930. The Morgan fingerprint density at radius 2 is 1.89 bits per heavy atom. The number of hydrogen-bond acceptors (Lipinski definition) is 4. The molecule has 1 aromatic heterocycles. The number of fused-ring (bicyclic) bond motifs is 2. The van der Waals surface area contributed by atoms with E-state index in [1.807, 2.05) is 4.90 Å². The molecule has 2 unspecified atom stereocenters. The number of amides is 1.